The van der Waals surface area contributed by atoms with Crippen molar-refractivity contribution in [2.24, 2.45) is 0 Å². The van der Waals surface area contributed by atoms with Gasteiger partial charge in [0.2, 0.25) is 5.91 Å². The summed E-state index contributed by atoms with van der Waals surface area (Å²) in [5, 5.41) is 9.03. The van der Waals surface area contributed by atoms with Crippen LogP contribution in [0.15, 0.2) is 24.3 Å². The highest BCUT2D eigenvalue weighted by molar-refractivity contribution is 5.87. The largest absolute Gasteiger partial charge is 0.478 e. The number of hydrogen-bond donors (Lipinski definition) is 1. The first-order chi connectivity index (χ1) is 12.4. The first kappa shape index (κ1) is 18.9. The zero-order valence-electron chi connectivity index (χ0n) is 15.8. The molecule has 1 amide bonds. The number of nitrogens with zero attached hydrogens (tertiary/aromatic N) is 3. The molecule has 0 aliphatic carbocycles. The number of likely N-dealkylation sites (tertiary alicyclic amines) is 1. The Labute approximate surface area is 155 Å². The zero-order chi connectivity index (χ0) is 18.7. The number of rotatable bonds is 4. The Bertz CT molecular complexity index is 661. The highest BCUT2D eigenvalue weighted by Gasteiger charge is 2.41. The summed E-state index contributed by atoms with van der Waals surface area (Å²) in [7, 11) is 2.19. The predicted molar refractivity (Wildman–Crippen MR) is 100 cm³/mol. The average molecular weight is 359 g/mol. The zero-order valence-corrected chi connectivity index (χ0v) is 15.8. The van der Waals surface area contributed by atoms with Crippen molar-refractivity contribution in [3.05, 3.63) is 35.4 Å². The molecule has 1 atom stereocenters. The number of benzene rings is 1. The van der Waals surface area contributed by atoms with E-state index in [0.29, 0.717) is 12.0 Å². The summed E-state index contributed by atoms with van der Waals surface area (Å²) in [4.78, 5) is 30.2. The molecule has 6 heteroatoms. The molecular weight excluding hydrogens is 330 g/mol. The number of carboxylic acid groups (broad SMARTS) is 1. The first-order valence-corrected chi connectivity index (χ1v) is 9.47. The molecule has 0 bridgehead atoms. The van der Waals surface area contributed by atoms with Crippen molar-refractivity contribution in [3.63, 3.8) is 0 Å². The van der Waals surface area contributed by atoms with E-state index >= 15 is 0 Å². The van der Waals surface area contributed by atoms with E-state index < -0.39 is 5.97 Å². The van der Waals surface area contributed by atoms with Crippen molar-refractivity contribution in [2.75, 3.05) is 39.8 Å². The van der Waals surface area contributed by atoms with Gasteiger partial charge in [0.25, 0.3) is 0 Å². The molecule has 0 aromatic heterocycles. The normalized spacial score (nSPS) is 25.5. The fourth-order valence-electron chi connectivity index (χ4n) is 4.26. The summed E-state index contributed by atoms with van der Waals surface area (Å²) < 4.78 is 0. The van der Waals surface area contributed by atoms with E-state index in [4.69, 9.17) is 5.11 Å². The predicted octanol–water partition coefficient (Wildman–Crippen LogP) is 1.90. The van der Waals surface area contributed by atoms with Crippen LogP contribution in [-0.2, 0) is 11.3 Å². The van der Waals surface area contributed by atoms with Gasteiger partial charge in [-0.1, -0.05) is 12.1 Å². The summed E-state index contributed by atoms with van der Waals surface area (Å²) in [6, 6.07) is 7.16. The lowest BCUT2D eigenvalue weighted by Gasteiger charge is -2.49. The quantitative estimate of drug-likeness (QED) is 0.890. The van der Waals surface area contributed by atoms with Crippen LogP contribution in [0.3, 0.4) is 0 Å². The number of carboxylic acids is 1. The van der Waals surface area contributed by atoms with Crippen LogP contribution in [-0.4, -0.2) is 77.0 Å². The second-order valence-electron chi connectivity index (χ2n) is 7.58. The van der Waals surface area contributed by atoms with Crippen LogP contribution in [0.2, 0.25) is 0 Å². The Balaban J connectivity index is 1.69. The van der Waals surface area contributed by atoms with Gasteiger partial charge in [0.1, 0.15) is 0 Å². The van der Waals surface area contributed by atoms with Crippen LogP contribution in [0.4, 0.5) is 0 Å². The van der Waals surface area contributed by atoms with E-state index in [0.717, 1.165) is 57.7 Å². The molecule has 2 aliphatic rings. The molecular formula is C20H29N3O3. The van der Waals surface area contributed by atoms with Crippen LogP contribution in [0.5, 0.6) is 0 Å². The first-order valence-electron chi connectivity index (χ1n) is 9.47. The summed E-state index contributed by atoms with van der Waals surface area (Å²) in [6.07, 6.45) is 2.55. The van der Waals surface area contributed by atoms with Crippen LogP contribution >= 0.6 is 0 Å². The molecule has 3 rings (SSSR count). The van der Waals surface area contributed by atoms with E-state index in [-0.39, 0.29) is 11.4 Å². The number of hydrogen-bond acceptors (Lipinski definition) is 4. The highest BCUT2D eigenvalue weighted by Crippen LogP contribution is 2.32. The Morgan fingerprint density at radius 1 is 1.15 bits per heavy atom. The van der Waals surface area contributed by atoms with Crippen molar-refractivity contribution >= 4 is 11.9 Å². The third kappa shape index (κ3) is 3.91. The van der Waals surface area contributed by atoms with E-state index in [2.05, 4.69) is 16.8 Å². The Morgan fingerprint density at radius 3 is 2.54 bits per heavy atom. The van der Waals surface area contributed by atoms with E-state index in [1.54, 1.807) is 12.1 Å². The van der Waals surface area contributed by atoms with Gasteiger partial charge in [-0.3, -0.25) is 14.6 Å². The fourth-order valence-corrected chi connectivity index (χ4v) is 4.26. The van der Waals surface area contributed by atoms with Crippen LogP contribution in [0.1, 0.15) is 42.1 Å². The lowest BCUT2D eigenvalue weighted by atomic mass is 9.86. The van der Waals surface area contributed by atoms with Crippen LogP contribution < -0.4 is 0 Å². The molecule has 1 spiro atoms. The van der Waals surface area contributed by atoms with Crippen LogP contribution in [0, 0.1) is 0 Å². The monoisotopic (exact) mass is 359 g/mol. The molecule has 1 unspecified atom stereocenters. The number of likely N-dealkylation sites (N-methyl/N-ethyl adjacent to an activating group) is 1. The minimum Gasteiger partial charge on any atom is -0.478 e. The van der Waals surface area contributed by atoms with Crippen molar-refractivity contribution < 1.29 is 14.7 Å². The number of amides is 1. The van der Waals surface area contributed by atoms with Crippen molar-refractivity contribution in [1.82, 2.24) is 14.7 Å². The second kappa shape index (κ2) is 7.76. The molecule has 1 aromatic rings. The molecule has 2 fully saturated rings. The number of piperazine rings is 1. The lowest BCUT2D eigenvalue weighted by molar-refractivity contribution is -0.130. The van der Waals surface area contributed by atoms with Gasteiger partial charge >= 0.3 is 5.97 Å². The molecule has 1 N–H and O–H groups in total. The number of aromatic carboxylic acids is 1. The maximum atomic E-state index is 12.3. The fraction of sp³-hybridized carbons (Fsp3) is 0.600. The molecule has 6 nitrogen and oxygen atoms in total. The van der Waals surface area contributed by atoms with Gasteiger partial charge in [0.15, 0.2) is 0 Å². The number of carbonyl (C=O) groups excluding carboxylic acids is 1. The maximum Gasteiger partial charge on any atom is 0.335 e. The lowest BCUT2D eigenvalue weighted by Crippen LogP contribution is -2.60. The topological polar surface area (TPSA) is 64.1 Å². The van der Waals surface area contributed by atoms with Crippen molar-refractivity contribution in [1.29, 1.82) is 0 Å². The summed E-state index contributed by atoms with van der Waals surface area (Å²) in [6.45, 7) is 7.43. The van der Waals surface area contributed by atoms with E-state index in [1.807, 2.05) is 24.0 Å². The van der Waals surface area contributed by atoms with Gasteiger partial charge in [-0.05, 0) is 44.5 Å². The summed E-state index contributed by atoms with van der Waals surface area (Å²) in [5.74, 6) is -0.613. The molecule has 1 aromatic carbocycles. The summed E-state index contributed by atoms with van der Waals surface area (Å²) >= 11 is 0. The third-order valence-electron chi connectivity index (χ3n) is 6.07. The van der Waals surface area contributed by atoms with Crippen molar-refractivity contribution in [2.45, 2.75) is 38.3 Å². The van der Waals surface area contributed by atoms with Gasteiger partial charge in [-0.25, -0.2) is 4.79 Å². The minimum absolute atomic E-state index is 0.0544. The van der Waals surface area contributed by atoms with Crippen molar-refractivity contribution in [3.8, 4) is 0 Å². The van der Waals surface area contributed by atoms with Gasteiger partial charge in [0.05, 0.1) is 5.56 Å². The van der Waals surface area contributed by atoms with E-state index in [9.17, 15) is 9.59 Å². The van der Waals surface area contributed by atoms with Gasteiger partial charge < -0.3 is 10.0 Å². The average Bonchev–Trinajstić information content (AvgIpc) is 2.79. The molecule has 142 valence electrons. The molecule has 2 aliphatic heterocycles. The van der Waals surface area contributed by atoms with Gasteiger partial charge in [-0.2, -0.15) is 0 Å². The van der Waals surface area contributed by atoms with Gasteiger partial charge in [0, 0.05) is 51.2 Å². The Morgan fingerprint density at radius 2 is 1.88 bits per heavy atom. The number of carbonyl (C=O) groups is 2. The molecule has 2 saturated heterocycles. The molecule has 2 heterocycles. The van der Waals surface area contributed by atoms with Crippen LogP contribution in [0.25, 0.3) is 0 Å². The Kier molecular flexibility index (Phi) is 5.63. The standard InChI is InChI=1S/C20H29N3O3/c1-3-23-11-10-20(9-8-18(23)24)15-22(13-12-21(20)2)14-16-4-6-17(7-5-16)19(25)26/h4-7H,3,8-15H2,1-2H3,(H,25,26). The maximum absolute atomic E-state index is 12.3. The minimum atomic E-state index is -0.890. The molecule has 0 radical (unpaired) electrons. The molecule has 0 saturated carbocycles. The van der Waals surface area contributed by atoms with E-state index in [1.165, 1.54) is 0 Å². The second-order valence-corrected chi connectivity index (χ2v) is 7.58. The smallest absolute Gasteiger partial charge is 0.335 e. The molecule has 26 heavy (non-hydrogen) atoms. The van der Waals surface area contributed by atoms with Gasteiger partial charge in [-0.15, -0.1) is 0 Å². The SMILES string of the molecule is CCN1CCC2(CCC1=O)CN(Cc1ccc(C(=O)O)cc1)CCN2C. The summed E-state index contributed by atoms with van der Waals surface area (Å²) in [5.41, 5.74) is 1.51. The highest BCUT2D eigenvalue weighted by atomic mass is 16.4. The third-order valence-corrected chi connectivity index (χ3v) is 6.07. The Hall–Kier alpha value is -1.92.